The van der Waals surface area contributed by atoms with E-state index in [1.165, 1.54) is 0 Å². The van der Waals surface area contributed by atoms with Gasteiger partial charge in [0.05, 0.1) is 13.0 Å². The Labute approximate surface area is 140 Å². The molecule has 2 aromatic carbocycles. The summed E-state index contributed by atoms with van der Waals surface area (Å²) in [4.78, 5) is 23.6. The monoisotopic (exact) mass is 328 g/mol. The molecule has 5 nitrogen and oxygen atoms in total. The van der Waals surface area contributed by atoms with E-state index in [2.05, 4.69) is 0 Å². The Morgan fingerprint density at radius 1 is 0.917 bits per heavy atom. The number of hydrogen-bond donors (Lipinski definition) is 2. The van der Waals surface area contributed by atoms with Crippen molar-refractivity contribution in [2.75, 3.05) is 13.2 Å². The molecule has 0 aromatic heterocycles. The van der Waals surface area contributed by atoms with Gasteiger partial charge in [0, 0.05) is 12.0 Å². The maximum absolute atomic E-state index is 12.1. The number of Topliss-reactive ketones (excluding diaryl/α,β-unsaturated/α-hetero) is 1. The molecule has 2 N–H and O–H groups in total. The van der Waals surface area contributed by atoms with Crippen molar-refractivity contribution in [3.8, 4) is 11.1 Å². The number of hydrogen-bond acceptors (Lipinski definition) is 5. The van der Waals surface area contributed by atoms with Gasteiger partial charge in [-0.05, 0) is 11.1 Å². The summed E-state index contributed by atoms with van der Waals surface area (Å²) in [6.07, 6.45) is -1.11. The largest absolute Gasteiger partial charge is 0.463 e. The molecule has 0 saturated carbocycles. The van der Waals surface area contributed by atoms with Gasteiger partial charge >= 0.3 is 5.97 Å². The van der Waals surface area contributed by atoms with E-state index in [0.717, 1.165) is 11.1 Å². The molecule has 2 aromatic rings. The molecule has 5 heteroatoms. The highest BCUT2D eigenvalue weighted by Gasteiger charge is 2.12. The minimum absolute atomic E-state index is 0.0404. The van der Waals surface area contributed by atoms with Crippen molar-refractivity contribution in [2.45, 2.75) is 18.9 Å². The van der Waals surface area contributed by atoms with Gasteiger partial charge in [0.15, 0.2) is 5.78 Å². The molecule has 0 amide bonds. The van der Waals surface area contributed by atoms with Crippen LogP contribution in [0.1, 0.15) is 23.2 Å². The fourth-order valence-electron chi connectivity index (χ4n) is 2.15. The van der Waals surface area contributed by atoms with E-state index in [9.17, 15) is 9.59 Å². The number of ketones is 1. The van der Waals surface area contributed by atoms with Crippen LogP contribution in [0.15, 0.2) is 54.6 Å². The fraction of sp³-hybridized carbons (Fsp3) is 0.263. The molecule has 0 spiro atoms. The number of aliphatic hydroxyl groups excluding tert-OH is 2. The number of carbonyl (C=O) groups excluding carboxylic acids is 2. The summed E-state index contributed by atoms with van der Waals surface area (Å²) in [5, 5.41) is 17.7. The molecule has 0 aliphatic rings. The second-order valence-corrected chi connectivity index (χ2v) is 5.39. The maximum atomic E-state index is 12.1. The first-order chi connectivity index (χ1) is 11.6. The SMILES string of the molecule is O=C(CCC(=O)c1ccc(-c2ccccc2)cc1)OCC(O)CO. The molecule has 0 fully saturated rings. The summed E-state index contributed by atoms with van der Waals surface area (Å²) >= 11 is 0. The van der Waals surface area contributed by atoms with Gasteiger partial charge in [-0.25, -0.2) is 0 Å². The van der Waals surface area contributed by atoms with Crippen molar-refractivity contribution in [1.82, 2.24) is 0 Å². The Hall–Kier alpha value is -2.50. The van der Waals surface area contributed by atoms with E-state index in [0.29, 0.717) is 5.56 Å². The molecule has 24 heavy (non-hydrogen) atoms. The smallest absolute Gasteiger partial charge is 0.306 e. The first kappa shape index (κ1) is 17.8. The molecule has 0 radical (unpaired) electrons. The Kier molecular flexibility index (Phi) is 6.66. The van der Waals surface area contributed by atoms with Gasteiger partial charge in [-0.15, -0.1) is 0 Å². The van der Waals surface area contributed by atoms with E-state index in [1.807, 2.05) is 42.5 Å². The van der Waals surface area contributed by atoms with Crippen LogP contribution < -0.4 is 0 Å². The van der Waals surface area contributed by atoms with Crippen LogP contribution in [0.4, 0.5) is 0 Å². The van der Waals surface area contributed by atoms with Crippen LogP contribution in [0.3, 0.4) is 0 Å². The maximum Gasteiger partial charge on any atom is 0.306 e. The van der Waals surface area contributed by atoms with Gasteiger partial charge in [0.1, 0.15) is 12.7 Å². The molecular weight excluding hydrogens is 308 g/mol. The van der Waals surface area contributed by atoms with Crippen molar-refractivity contribution in [1.29, 1.82) is 0 Å². The predicted octanol–water partition coefficient (Wildman–Crippen LogP) is 2.21. The average molecular weight is 328 g/mol. The zero-order valence-corrected chi connectivity index (χ0v) is 13.2. The van der Waals surface area contributed by atoms with Crippen molar-refractivity contribution in [2.24, 2.45) is 0 Å². The van der Waals surface area contributed by atoms with Crippen LogP contribution in [0.5, 0.6) is 0 Å². The van der Waals surface area contributed by atoms with E-state index in [1.54, 1.807) is 12.1 Å². The third-order valence-electron chi connectivity index (χ3n) is 3.52. The van der Waals surface area contributed by atoms with Crippen molar-refractivity contribution >= 4 is 11.8 Å². The lowest BCUT2D eigenvalue weighted by atomic mass is 10.0. The first-order valence-electron chi connectivity index (χ1n) is 7.73. The zero-order valence-electron chi connectivity index (χ0n) is 13.2. The van der Waals surface area contributed by atoms with Crippen LogP contribution in [-0.4, -0.2) is 41.3 Å². The van der Waals surface area contributed by atoms with E-state index >= 15 is 0 Å². The minimum Gasteiger partial charge on any atom is -0.463 e. The number of rotatable bonds is 8. The van der Waals surface area contributed by atoms with E-state index in [4.69, 9.17) is 14.9 Å². The van der Waals surface area contributed by atoms with Crippen LogP contribution in [0.25, 0.3) is 11.1 Å². The van der Waals surface area contributed by atoms with Gasteiger partial charge in [-0.1, -0.05) is 54.6 Å². The summed E-state index contributed by atoms with van der Waals surface area (Å²) < 4.78 is 4.76. The average Bonchev–Trinajstić information content (AvgIpc) is 2.64. The summed E-state index contributed by atoms with van der Waals surface area (Å²) in [5.74, 6) is -0.717. The van der Waals surface area contributed by atoms with Gasteiger partial charge < -0.3 is 14.9 Å². The first-order valence-corrected chi connectivity index (χ1v) is 7.73. The number of benzene rings is 2. The number of aliphatic hydroxyl groups is 2. The van der Waals surface area contributed by atoms with Crippen LogP contribution >= 0.6 is 0 Å². The standard InChI is InChI=1S/C19H20O5/c20-12-17(21)13-24-19(23)11-10-18(22)16-8-6-15(7-9-16)14-4-2-1-3-5-14/h1-9,17,20-21H,10-13H2. The highest BCUT2D eigenvalue weighted by atomic mass is 16.5. The third kappa shape index (κ3) is 5.30. The second-order valence-electron chi connectivity index (χ2n) is 5.39. The van der Waals surface area contributed by atoms with Gasteiger partial charge in [-0.3, -0.25) is 9.59 Å². The minimum atomic E-state index is -1.09. The van der Waals surface area contributed by atoms with Crippen molar-refractivity contribution in [3.05, 3.63) is 60.2 Å². The van der Waals surface area contributed by atoms with Crippen LogP contribution in [-0.2, 0) is 9.53 Å². The van der Waals surface area contributed by atoms with Gasteiger partial charge in [-0.2, -0.15) is 0 Å². The lowest BCUT2D eigenvalue weighted by Gasteiger charge is -2.08. The van der Waals surface area contributed by atoms with E-state index in [-0.39, 0.29) is 25.2 Å². The molecule has 126 valence electrons. The topological polar surface area (TPSA) is 83.8 Å². The molecule has 0 bridgehead atoms. The Balaban J connectivity index is 1.86. The quantitative estimate of drug-likeness (QED) is 0.573. The lowest BCUT2D eigenvalue weighted by Crippen LogP contribution is -2.22. The molecular formula is C19H20O5. The lowest BCUT2D eigenvalue weighted by molar-refractivity contribution is -0.147. The highest BCUT2D eigenvalue weighted by Crippen LogP contribution is 2.19. The highest BCUT2D eigenvalue weighted by molar-refractivity contribution is 5.97. The van der Waals surface area contributed by atoms with E-state index < -0.39 is 18.7 Å². The molecule has 0 heterocycles. The molecule has 0 aliphatic heterocycles. The van der Waals surface area contributed by atoms with Gasteiger partial charge in [0.2, 0.25) is 0 Å². The fourth-order valence-corrected chi connectivity index (χ4v) is 2.15. The molecule has 2 rings (SSSR count). The summed E-state index contributed by atoms with van der Waals surface area (Å²) in [5.41, 5.74) is 2.63. The summed E-state index contributed by atoms with van der Waals surface area (Å²) in [7, 11) is 0. The van der Waals surface area contributed by atoms with Crippen LogP contribution in [0, 0.1) is 0 Å². The number of ether oxygens (including phenoxy) is 1. The molecule has 0 aliphatic carbocycles. The molecule has 0 saturated heterocycles. The summed E-state index contributed by atoms with van der Waals surface area (Å²) in [6.45, 7) is -0.741. The Bertz CT molecular complexity index is 664. The van der Waals surface area contributed by atoms with Gasteiger partial charge in [0.25, 0.3) is 0 Å². The third-order valence-corrected chi connectivity index (χ3v) is 3.52. The normalized spacial score (nSPS) is 11.8. The second kappa shape index (κ2) is 8.96. The molecule has 1 atom stereocenters. The predicted molar refractivity (Wildman–Crippen MR) is 89.5 cm³/mol. The molecule has 1 unspecified atom stereocenters. The number of esters is 1. The Morgan fingerprint density at radius 3 is 2.17 bits per heavy atom. The zero-order chi connectivity index (χ0) is 17.4. The number of carbonyl (C=O) groups is 2. The van der Waals surface area contributed by atoms with Crippen LogP contribution in [0.2, 0.25) is 0 Å². The van der Waals surface area contributed by atoms with Crippen molar-refractivity contribution in [3.63, 3.8) is 0 Å². The summed E-state index contributed by atoms with van der Waals surface area (Å²) in [6, 6.07) is 17.1. The van der Waals surface area contributed by atoms with Crippen molar-refractivity contribution < 1.29 is 24.5 Å². The Morgan fingerprint density at radius 2 is 1.54 bits per heavy atom.